The number of ether oxygens (including phenoxy) is 1. The molecule has 0 radical (unpaired) electrons. The number of rotatable bonds is 6. The van der Waals surface area contributed by atoms with Gasteiger partial charge in [0, 0.05) is 6.04 Å². The maximum atomic E-state index is 12.3. The Morgan fingerprint density at radius 2 is 1.93 bits per heavy atom. The number of amides is 1. The molecule has 0 spiro atoms. The van der Waals surface area contributed by atoms with Crippen molar-refractivity contribution in [2.45, 2.75) is 37.8 Å². The summed E-state index contributed by atoms with van der Waals surface area (Å²) in [6.45, 7) is 1.92. The van der Waals surface area contributed by atoms with E-state index in [1.54, 1.807) is 18.2 Å². The molecule has 2 aliphatic heterocycles. The summed E-state index contributed by atoms with van der Waals surface area (Å²) in [5.74, 6) is 0.317. The van der Waals surface area contributed by atoms with E-state index < -0.39 is 9.84 Å². The molecule has 0 aliphatic carbocycles. The molecule has 3 rings (SSSR count). The van der Waals surface area contributed by atoms with Crippen LogP contribution in [-0.2, 0) is 14.6 Å². The smallest absolute Gasteiger partial charge is 0.223 e. The molecule has 2 aliphatic rings. The van der Waals surface area contributed by atoms with Gasteiger partial charge < -0.3 is 10.1 Å². The molecule has 27 heavy (non-hydrogen) atoms. The van der Waals surface area contributed by atoms with Crippen molar-refractivity contribution < 1.29 is 17.9 Å². The molecule has 2 unspecified atom stereocenters. The molecule has 2 atom stereocenters. The Kier molecular flexibility index (Phi) is 6.89. The molecule has 6 nitrogen and oxygen atoms in total. The van der Waals surface area contributed by atoms with E-state index in [0.29, 0.717) is 15.8 Å². The van der Waals surface area contributed by atoms with Gasteiger partial charge in [-0.1, -0.05) is 35.7 Å². The minimum atomic E-state index is -3.13. The highest BCUT2D eigenvalue weighted by molar-refractivity contribution is 7.91. The Bertz CT molecular complexity index is 782. The predicted molar refractivity (Wildman–Crippen MR) is 106 cm³/mol. The van der Waals surface area contributed by atoms with Crippen molar-refractivity contribution in [3.8, 4) is 5.75 Å². The lowest BCUT2D eigenvalue weighted by Gasteiger charge is -2.35. The second-order valence-corrected chi connectivity index (χ2v) is 10.0. The molecular weight excluding hydrogens is 411 g/mol. The van der Waals surface area contributed by atoms with Crippen LogP contribution in [0.2, 0.25) is 10.0 Å². The van der Waals surface area contributed by atoms with Gasteiger partial charge in [-0.15, -0.1) is 0 Å². The van der Waals surface area contributed by atoms with Crippen LogP contribution in [0.15, 0.2) is 18.2 Å². The van der Waals surface area contributed by atoms with Gasteiger partial charge in [0.05, 0.1) is 35.6 Å². The largest absolute Gasteiger partial charge is 0.491 e. The second-order valence-electron chi connectivity index (χ2n) is 7.07. The molecule has 150 valence electrons. The first-order valence-corrected chi connectivity index (χ1v) is 11.7. The molecule has 0 saturated carbocycles. The number of hydrogen-bond donors (Lipinski definition) is 1. The maximum absolute atomic E-state index is 12.3. The fourth-order valence-corrected chi connectivity index (χ4v) is 6.00. The van der Waals surface area contributed by atoms with Gasteiger partial charge in [0.25, 0.3) is 0 Å². The van der Waals surface area contributed by atoms with Crippen LogP contribution in [0.5, 0.6) is 5.75 Å². The Morgan fingerprint density at radius 1 is 1.19 bits per heavy atom. The third kappa shape index (κ3) is 5.50. The summed E-state index contributed by atoms with van der Waals surface area (Å²) >= 11 is 12.0. The number of benzene rings is 1. The summed E-state index contributed by atoms with van der Waals surface area (Å²) < 4.78 is 29.8. The third-order valence-corrected chi connectivity index (χ3v) is 7.55. The van der Waals surface area contributed by atoms with Crippen LogP contribution in [0.3, 0.4) is 0 Å². The van der Waals surface area contributed by atoms with Crippen molar-refractivity contribution >= 4 is 38.9 Å². The van der Waals surface area contributed by atoms with Crippen LogP contribution in [0.25, 0.3) is 0 Å². The number of nitrogens with one attached hydrogen (secondary N) is 1. The number of nitrogens with zero attached hydrogens (tertiary/aromatic N) is 1. The fourth-order valence-electron chi connectivity index (χ4n) is 3.70. The Morgan fingerprint density at radius 3 is 2.67 bits per heavy atom. The molecule has 1 amide bonds. The number of carbonyl (C=O) groups excluding carboxylic acids is 1. The van der Waals surface area contributed by atoms with Gasteiger partial charge in [0.15, 0.2) is 9.84 Å². The van der Waals surface area contributed by atoms with Gasteiger partial charge in [0.2, 0.25) is 5.91 Å². The number of hydrogen-bond acceptors (Lipinski definition) is 5. The first-order valence-electron chi connectivity index (χ1n) is 9.16. The van der Waals surface area contributed by atoms with Crippen molar-refractivity contribution in [1.29, 1.82) is 0 Å². The van der Waals surface area contributed by atoms with E-state index in [9.17, 15) is 13.2 Å². The Balaban J connectivity index is 1.53. The van der Waals surface area contributed by atoms with Crippen molar-refractivity contribution in [3.05, 3.63) is 28.2 Å². The van der Waals surface area contributed by atoms with E-state index in [1.807, 2.05) is 0 Å². The van der Waals surface area contributed by atoms with Crippen molar-refractivity contribution in [2.24, 2.45) is 0 Å². The molecule has 2 fully saturated rings. The summed E-state index contributed by atoms with van der Waals surface area (Å²) in [5.41, 5.74) is 0. The van der Waals surface area contributed by atoms with E-state index in [0.717, 1.165) is 25.9 Å². The average Bonchev–Trinajstić information content (AvgIpc) is 2.93. The van der Waals surface area contributed by atoms with E-state index in [2.05, 4.69) is 10.2 Å². The second kappa shape index (κ2) is 8.99. The molecule has 0 bridgehead atoms. The zero-order chi connectivity index (χ0) is 19.4. The standard InChI is InChI=1S/C18H24Cl2N2O4S/c19-13-5-4-6-16(18(13)20)26-10-7-17(23)21-14-11-27(24,25)12-15(14)22-8-2-1-3-9-22/h4-6,14-15H,1-3,7-12H2,(H,21,23). The summed E-state index contributed by atoms with van der Waals surface area (Å²) in [4.78, 5) is 14.5. The van der Waals surface area contributed by atoms with Crippen LogP contribution in [0.4, 0.5) is 0 Å². The van der Waals surface area contributed by atoms with Crippen LogP contribution in [0.1, 0.15) is 25.7 Å². The van der Waals surface area contributed by atoms with Gasteiger partial charge in [-0.3, -0.25) is 9.69 Å². The van der Waals surface area contributed by atoms with Gasteiger partial charge in [0.1, 0.15) is 10.8 Å². The zero-order valence-corrected chi connectivity index (χ0v) is 17.3. The van der Waals surface area contributed by atoms with E-state index in [4.69, 9.17) is 27.9 Å². The number of piperidine rings is 1. The monoisotopic (exact) mass is 434 g/mol. The van der Waals surface area contributed by atoms with Crippen LogP contribution >= 0.6 is 23.2 Å². The lowest BCUT2D eigenvalue weighted by Crippen LogP contribution is -2.52. The van der Waals surface area contributed by atoms with Crippen LogP contribution in [-0.4, -0.2) is 62.5 Å². The number of likely N-dealkylation sites (tertiary alicyclic amines) is 1. The average molecular weight is 435 g/mol. The molecule has 0 aromatic heterocycles. The minimum absolute atomic E-state index is 0.000878. The minimum Gasteiger partial charge on any atom is -0.491 e. The van der Waals surface area contributed by atoms with Crippen molar-refractivity contribution in [1.82, 2.24) is 10.2 Å². The Labute approximate surface area is 170 Å². The summed E-state index contributed by atoms with van der Waals surface area (Å²) in [7, 11) is -3.13. The first kappa shape index (κ1) is 20.7. The summed E-state index contributed by atoms with van der Waals surface area (Å²) in [5, 5.41) is 3.60. The number of halogens is 2. The highest BCUT2D eigenvalue weighted by Gasteiger charge is 2.41. The SMILES string of the molecule is O=C(CCOc1cccc(Cl)c1Cl)NC1CS(=O)(=O)CC1N1CCCCC1. The highest BCUT2D eigenvalue weighted by Crippen LogP contribution is 2.31. The molecule has 2 saturated heterocycles. The molecule has 1 aromatic carbocycles. The Hall–Kier alpha value is -1.02. The first-order chi connectivity index (χ1) is 12.9. The normalized spacial score (nSPS) is 25.3. The van der Waals surface area contributed by atoms with E-state index in [-0.39, 0.29) is 42.5 Å². The fraction of sp³-hybridized carbons (Fsp3) is 0.611. The topological polar surface area (TPSA) is 75.7 Å². The van der Waals surface area contributed by atoms with Crippen LogP contribution in [0, 0.1) is 0 Å². The van der Waals surface area contributed by atoms with Gasteiger partial charge >= 0.3 is 0 Å². The predicted octanol–water partition coefficient (Wildman–Crippen LogP) is 2.53. The molecular formula is C18H24Cl2N2O4S. The van der Waals surface area contributed by atoms with Gasteiger partial charge in [-0.05, 0) is 38.1 Å². The van der Waals surface area contributed by atoms with E-state index >= 15 is 0 Å². The molecule has 1 aromatic rings. The summed E-state index contributed by atoms with van der Waals surface area (Å²) in [6.07, 6.45) is 3.44. The van der Waals surface area contributed by atoms with Crippen molar-refractivity contribution in [3.63, 3.8) is 0 Å². The van der Waals surface area contributed by atoms with Crippen LogP contribution < -0.4 is 10.1 Å². The van der Waals surface area contributed by atoms with Gasteiger partial charge in [-0.25, -0.2) is 8.42 Å². The lowest BCUT2D eigenvalue weighted by atomic mass is 10.0. The zero-order valence-electron chi connectivity index (χ0n) is 15.0. The molecule has 1 N–H and O–H groups in total. The van der Waals surface area contributed by atoms with Gasteiger partial charge in [-0.2, -0.15) is 0 Å². The quantitative estimate of drug-likeness (QED) is 0.744. The highest BCUT2D eigenvalue weighted by atomic mass is 35.5. The molecule has 9 heteroatoms. The molecule has 2 heterocycles. The van der Waals surface area contributed by atoms with E-state index in [1.165, 1.54) is 6.42 Å². The summed E-state index contributed by atoms with van der Waals surface area (Å²) in [6, 6.07) is 4.56. The van der Waals surface area contributed by atoms with Crippen molar-refractivity contribution in [2.75, 3.05) is 31.2 Å². The number of sulfone groups is 1. The maximum Gasteiger partial charge on any atom is 0.223 e. The third-order valence-electron chi connectivity index (χ3n) is 5.03. The number of carbonyl (C=O) groups is 1. The lowest BCUT2D eigenvalue weighted by molar-refractivity contribution is -0.122.